The lowest BCUT2D eigenvalue weighted by atomic mass is 10.0. The van der Waals surface area contributed by atoms with Crippen LogP contribution in [0.1, 0.15) is 29.8 Å². The molecule has 5 rings (SSSR count). The van der Waals surface area contributed by atoms with Crippen molar-refractivity contribution in [2.75, 3.05) is 5.32 Å². The molecular formula is C25H21N3O4S. The predicted molar refractivity (Wildman–Crippen MR) is 128 cm³/mol. The Balaban J connectivity index is 1.46. The number of amides is 1. The highest BCUT2D eigenvalue weighted by Gasteiger charge is 2.24. The number of nitrogens with zero attached hydrogens (tertiary/aromatic N) is 2. The van der Waals surface area contributed by atoms with Gasteiger partial charge in [0.1, 0.15) is 10.6 Å². The number of carbonyl (C=O) groups is 2. The van der Waals surface area contributed by atoms with Crippen molar-refractivity contribution in [1.82, 2.24) is 9.55 Å². The number of nitrogens with one attached hydrogen (secondary N) is 1. The molecule has 1 N–H and O–H groups in total. The number of anilines is 1. The molecule has 1 aliphatic heterocycles. The van der Waals surface area contributed by atoms with Gasteiger partial charge in [-0.05, 0) is 42.7 Å². The molecule has 4 aromatic rings. The highest BCUT2D eigenvalue weighted by molar-refractivity contribution is 7.17. The Morgan fingerprint density at radius 2 is 1.97 bits per heavy atom. The third kappa shape index (κ3) is 3.82. The first-order valence-electron chi connectivity index (χ1n) is 10.7. The Morgan fingerprint density at radius 1 is 1.18 bits per heavy atom. The number of ether oxygens (including phenoxy) is 1. The quantitative estimate of drug-likeness (QED) is 0.450. The largest absolute Gasteiger partial charge is 0.479 e. The molecule has 0 spiro atoms. The smallest absolute Gasteiger partial charge is 0.265 e. The Kier molecular flexibility index (Phi) is 5.30. The summed E-state index contributed by atoms with van der Waals surface area (Å²) in [4.78, 5) is 43.2. The third-order valence-corrected chi connectivity index (χ3v) is 6.67. The molecule has 8 heteroatoms. The first-order valence-corrected chi connectivity index (χ1v) is 11.5. The maximum atomic E-state index is 13.3. The molecule has 166 valence electrons. The van der Waals surface area contributed by atoms with Gasteiger partial charge in [-0.3, -0.25) is 19.0 Å². The van der Waals surface area contributed by atoms with E-state index >= 15 is 0 Å². The second-order valence-corrected chi connectivity index (χ2v) is 8.80. The molecule has 1 unspecified atom stereocenters. The van der Waals surface area contributed by atoms with Crippen molar-refractivity contribution in [3.63, 3.8) is 0 Å². The van der Waals surface area contributed by atoms with Crippen LogP contribution in [-0.4, -0.2) is 27.3 Å². The van der Waals surface area contributed by atoms with E-state index in [1.54, 1.807) is 25.1 Å². The Hall–Kier alpha value is -3.78. The molecular weight excluding hydrogens is 438 g/mol. The van der Waals surface area contributed by atoms with Crippen LogP contribution in [-0.2, 0) is 17.8 Å². The van der Waals surface area contributed by atoms with Crippen molar-refractivity contribution >= 4 is 38.9 Å². The molecule has 0 bridgehead atoms. The van der Waals surface area contributed by atoms with Gasteiger partial charge in [0, 0.05) is 16.5 Å². The normalized spacial score (nSPS) is 15.1. The second-order valence-electron chi connectivity index (χ2n) is 7.94. The zero-order chi connectivity index (χ0) is 23.1. The molecule has 0 aliphatic carbocycles. The number of hydrogen-bond acceptors (Lipinski definition) is 6. The van der Waals surface area contributed by atoms with Crippen LogP contribution in [0.3, 0.4) is 0 Å². The number of benzene rings is 2. The van der Waals surface area contributed by atoms with Crippen LogP contribution in [0.4, 0.5) is 5.69 Å². The number of rotatable bonds is 5. The van der Waals surface area contributed by atoms with E-state index in [2.05, 4.69) is 29.4 Å². The molecule has 0 fully saturated rings. The van der Waals surface area contributed by atoms with Crippen molar-refractivity contribution < 1.29 is 14.3 Å². The number of fused-ring (bicyclic) bond motifs is 2. The molecule has 2 aromatic heterocycles. The maximum Gasteiger partial charge on any atom is 0.265 e. The zero-order valence-corrected chi connectivity index (χ0v) is 18.9. The summed E-state index contributed by atoms with van der Waals surface area (Å²) in [5.41, 5.74) is 3.55. The summed E-state index contributed by atoms with van der Waals surface area (Å²) in [6, 6.07) is 13.0. The highest BCUT2D eigenvalue weighted by Crippen LogP contribution is 2.32. The Morgan fingerprint density at radius 3 is 2.73 bits per heavy atom. The minimum absolute atomic E-state index is 0.157. The minimum Gasteiger partial charge on any atom is -0.479 e. The topological polar surface area (TPSA) is 90.3 Å². The fourth-order valence-electron chi connectivity index (χ4n) is 3.84. The van der Waals surface area contributed by atoms with E-state index in [9.17, 15) is 14.4 Å². The summed E-state index contributed by atoms with van der Waals surface area (Å²) >= 11 is 1.41. The number of ketones is 1. The summed E-state index contributed by atoms with van der Waals surface area (Å²) in [7, 11) is 0. The van der Waals surface area contributed by atoms with Crippen molar-refractivity contribution in [1.29, 1.82) is 0 Å². The van der Waals surface area contributed by atoms with Gasteiger partial charge in [0.15, 0.2) is 11.9 Å². The Bertz CT molecular complexity index is 1450. The number of Topliss-reactive ketones (excluding diaryl/α,β-unsaturated/α-hetero) is 1. The molecule has 0 saturated carbocycles. The molecule has 1 atom stereocenters. The van der Waals surface area contributed by atoms with Crippen LogP contribution in [0.2, 0.25) is 0 Å². The maximum absolute atomic E-state index is 13.3. The van der Waals surface area contributed by atoms with Gasteiger partial charge in [-0.1, -0.05) is 31.2 Å². The summed E-state index contributed by atoms with van der Waals surface area (Å²) in [5.74, 6) is -0.0242. The number of hydrogen-bond donors (Lipinski definition) is 1. The van der Waals surface area contributed by atoms with Crippen LogP contribution >= 0.6 is 11.3 Å². The molecule has 7 nitrogen and oxygen atoms in total. The third-order valence-electron chi connectivity index (χ3n) is 5.78. The summed E-state index contributed by atoms with van der Waals surface area (Å²) in [6.45, 7) is 3.60. The van der Waals surface area contributed by atoms with Gasteiger partial charge in [-0.15, -0.1) is 11.3 Å². The van der Waals surface area contributed by atoms with Crippen molar-refractivity contribution in [3.8, 4) is 16.9 Å². The number of aryl methyl sites for hydroxylation is 1. The van der Waals surface area contributed by atoms with E-state index in [4.69, 9.17) is 4.74 Å². The molecule has 1 aliphatic rings. The fourth-order valence-corrected chi connectivity index (χ4v) is 4.75. The molecule has 33 heavy (non-hydrogen) atoms. The summed E-state index contributed by atoms with van der Waals surface area (Å²) in [5, 5.41) is 5.18. The van der Waals surface area contributed by atoms with Gasteiger partial charge in [-0.2, -0.15) is 0 Å². The van der Waals surface area contributed by atoms with Gasteiger partial charge in [-0.25, -0.2) is 4.98 Å². The van der Waals surface area contributed by atoms with E-state index < -0.39 is 6.10 Å². The monoisotopic (exact) mass is 459 g/mol. The summed E-state index contributed by atoms with van der Waals surface area (Å²) < 4.78 is 6.87. The molecule has 0 radical (unpaired) electrons. The van der Waals surface area contributed by atoms with Crippen LogP contribution in [0, 0.1) is 0 Å². The fraction of sp³-hybridized carbons (Fsp3) is 0.200. The van der Waals surface area contributed by atoms with E-state index in [-0.39, 0.29) is 23.8 Å². The standard InChI is InChI=1S/C25H21N3O4S/c1-3-15-4-6-16(7-5-15)18-12-33-24-22(18)25(31)28(13-26-24)11-20(29)17-8-9-21-19(10-17)27-23(30)14(2)32-21/h4-10,12-14H,3,11H2,1-2H3,(H,27,30). The van der Waals surface area contributed by atoms with Crippen LogP contribution in [0.5, 0.6) is 5.75 Å². The van der Waals surface area contributed by atoms with Crippen molar-refractivity contribution in [2.45, 2.75) is 32.9 Å². The predicted octanol–water partition coefficient (Wildman–Crippen LogP) is 4.29. The second kappa shape index (κ2) is 8.29. The van der Waals surface area contributed by atoms with Gasteiger partial charge < -0.3 is 10.1 Å². The molecule has 0 saturated heterocycles. The first kappa shape index (κ1) is 21.1. The van der Waals surface area contributed by atoms with Gasteiger partial charge in [0.2, 0.25) is 0 Å². The average molecular weight is 460 g/mol. The van der Waals surface area contributed by atoms with Crippen molar-refractivity contribution in [3.05, 3.63) is 75.7 Å². The number of aromatic nitrogens is 2. The molecule has 2 aromatic carbocycles. The average Bonchev–Trinajstić information content (AvgIpc) is 3.26. The lowest BCUT2D eigenvalue weighted by Gasteiger charge is -2.23. The van der Waals surface area contributed by atoms with Crippen LogP contribution in [0.25, 0.3) is 21.3 Å². The SMILES string of the molecule is CCc1ccc(-c2csc3ncn(CC(=O)c4ccc5c(c4)NC(=O)C(C)O5)c(=O)c23)cc1. The van der Waals surface area contributed by atoms with Crippen LogP contribution in [0.15, 0.2) is 59.0 Å². The lowest BCUT2D eigenvalue weighted by molar-refractivity contribution is -0.122. The molecule has 1 amide bonds. The first-order chi connectivity index (χ1) is 15.9. The van der Waals surface area contributed by atoms with Gasteiger partial charge in [0.25, 0.3) is 11.5 Å². The minimum atomic E-state index is -0.589. The Labute approximate surface area is 193 Å². The molecule has 3 heterocycles. The van der Waals surface area contributed by atoms with Gasteiger partial charge in [0.05, 0.1) is 23.9 Å². The highest BCUT2D eigenvalue weighted by atomic mass is 32.1. The van der Waals surface area contributed by atoms with Gasteiger partial charge >= 0.3 is 0 Å². The van der Waals surface area contributed by atoms with E-state index in [0.29, 0.717) is 27.2 Å². The number of thiophene rings is 1. The van der Waals surface area contributed by atoms with E-state index in [0.717, 1.165) is 17.5 Å². The van der Waals surface area contributed by atoms with E-state index in [1.807, 2.05) is 17.5 Å². The zero-order valence-electron chi connectivity index (χ0n) is 18.1. The van der Waals surface area contributed by atoms with E-state index in [1.165, 1.54) is 27.8 Å². The summed E-state index contributed by atoms with van der Waals surface area (Å²) in [6.07, 6.45) is 1.76. The number of carbonyl (C=O) groups excluding carboxylic acids is 2. The van der Waals surface area contributed by atoms with Crippen molar-refractivity contribution in [2.24, 2.45) is 0 Å². The lowest BCUT2D eigenvalue weighted by Crippen LogP contribution is -2.34. The van der Waals surface area contributed by atoms with Crippen LogP contribution < -0.4 is 15.6 Å².